The Kier molecular flexibility index (Phi) is 47.7. The largest absolute Gasteiger partial charge is 0.394 e. The van der Waals surface area contributed by atoms with Crippen LogP contribution in [-0.4, -0.2) is 34.9 Å². The number of nitrogens with one attached hydrogen (secondary N) is 1. The van der Waals surface area contributed by atoms with E-state index in [2.05, 4.69) is 19.2 Å². The molecule has 2 unspecified atom stereocenters. The number of hydrogen-bond acceptors (Lipinski definition) is 3. The second-order valence-electron chi connectivity index (χ2n) is 18.0. The fourth-order valence-corrected chi connectivity index (χ4v) is 8.30. The van der Waals surface area contributed by atoms with Gasteiger partial charge in [0.25, 0.3) is 0 Å². The number of rotatable bonds is 48. The molecule has 0 fully saturated rings. The fraction of sp³-hybridized carbons (Fsp3) is 0.942. The maximum absolute atomic E-state index is 12.4. The molecule has 0 saturated heterocycles. The first-order chi connectivity index (χ1) is 27.7. The number of aliphatic hydroxyl groups excluding tert-OH is 2. The van der Waals surface area contributed by atoms with Gasteiger partial charge in [0.05, 0.1) is 18.8 Å². The first-order valence-corrected chi connectivity index (χ1v) is 25.9. The molecule has 0 aromatic carbocycles. The average Bonchev–Trinajstić information content (AvgIpc) is 3.20. The minimum Gasteiger partial charge on any atom is -0.394 e. The zero-order chi connectivity index (χ0) is 40.7. The Morgan fingerprint density at radius 1 is 0.411 bits per heavy atom. The third-order valence-electron chi connectivity index (χ3n) is 12.3. The molecule has 1 amide bonds. The lowest BCUT2D eigenvalue weighted by Crippen LogP contribution is -2.45. The standard InChI is InChI=1S/C52H103NO3/c1-3-5-7-9-11-13-15-17-19-20-21-22-23-24-25-26-27-28-29-30-31-32-34-35-37-39-41-43-45-47-51(55)50(49-54)53-52(56)48-46-44-42-40-38-36-33-18-16-14-12-10-8-6-4-2/h45,47,50-51,54-55H,3-44,46,48-49H2,1-2H3,(H,53,56)/b47-45+. The van der Waals surface area contributed by atoms with E-state index in [-0.39, 0.29) is 12.5 Å². The van der Waals surface area contributed by atoms with E-state index in [4.69, 9.17) is 0 Å². The van der Waals surface area contributed by atoms with Crippen molar-refractivity contribution >= 4 is 5.91 Å². The maximum atomic E-state index is 12.4. The van der Waals surface area contributed by atoms with Crippen molar-refractivity contribution in [3.8, 4) is 0 Å². The SMILES string of the molecule is CCCCCCCCCCCCCCCCCCCCCCCCCCCCC/C=C/C(O)C(CO)NC(=O)CCCCCCCCCCCCCCCCC. The van der Waals surface area contributed by atoms with E-state index in [1.165, 1.54) is 250 Å². The lowest BCUT2D eigenvalue weighted by atomic mass is 10.0. The molecule has 0 aliphatic heterocycles. The highest BCUT2D eigenvalue weighted by molar-refractivity contribution is 5.76. The molecule has 0 radical (unpaired) electrons. The van der Waals surface area contributed by atoms with Crippen molar-refractivity contribution in [2.75, 3.05) is 6.61 Å². The van der Waals surface area contributed by atoms with Crippen LogP contribution in [0.2, 0.25) is 0 Å². The molecule has 0 aliphatic rings. The van der Waals surface area contributed by atoms with Gasteiger partial charge in [-0.3, -0.25) is 4.79 Å². The van der Waals surface area contributed by atoms with Gasteiger partial charge in [-0.25, -0.2) is 0 Å². The van der Waals surface area contributed by atoms with E-state index in [9.17, 15) is 15.0 Å². The molecule has 0 rings (SSSR count). The molecule has 334 valence electrons. The van der Waals surface area contributed by atoms with E-state index in [0.29, 0.717) is 6.42 Å². The van der Waals surface area contributed by atoms with E-state index < -0.39 is 12.1 Å². The number of amides is 1. The molecule has 0 spiro atoms. The van der Waals surface area contributed by atoms with Gasteiger partial charge < -0.3 is 15.5 Å². The topological polar surface area (TPSA) is 69.6 Å². The summed E-state index contributed by atoms with van der Waals surface area (Å²) in [6, 6.07) is -0.617. The Hall–Kier alpha value is -0.870. The molecule has 0 aromatic rings. The molecule has 0 aromatic heterocycles. The predicted octanol–water partition coefficient (Wildman–Crippen LogP) is 16.6. The highest BCUT2D eigenvalue weighted by Gasteiger charge is 2.18. The second kappa shape index (κ2) is 48.5. The van der Waals surface area contributed by atoms with Crippen LogP contribution in [0.15, 0.2) is 12.2 Å². The van der Waals surface area contributed by atoms with Crippen LogP contribution in [0.3, 0.4) is 0 Å². The van der Waals surface area contributed by atoms with Gasteiger partial charge in [-0.2, -0.15) is 0 Å². The van der Waals surface area contributed by atoms with Gasteiger partial charge in [-0.15, -0.1) is 0 Å². The van der Waals surface area contributed by atoms with Crippen LogP contribution < -0.4 is 5.32 Å². The lowest BCUT2D eigenvalue weighted by Gasteiger charge is -2.20. The van der Waals surface area contributed by atoms with Gasteiger partial charge in [0.15, 0.2) is 0 Å². The van der Waals surface area contributed by atoms with Crippen molar-refractivity contribution in [3.05, 3.63) is 12.2 Å². The predicted molar refractivity (Wildman–Crippen MR) is 249 cm³/mol. The smallest absolute Gasteiger partial charge is 0.220 e. The molecule has 0 heterocycles. The Morgan fingerprint density at radius 2 is 0.661 bits per heavy atom. The highest BCUT2D eigenvalue weighted by Crippen LogP contribution is 2.17. The Balaban J connectivity index is 3.44. The van der Waals surface area contributed by atoms with Crippen LogP contribution in [0, 0.1) is 0 Å². The van der Waals surface area contributed by atoms with Gasteiger partial charge in [0, 0.05) is 6.42 Å². The van der Waals surface area contributed by atoms with Crippen molar-refractivity contribution < 1.29 is 15.0 Å². The molecule has 0 bridgehead atoms. The highest BCUT2D eigenvalue weighted by atomic mass is 16.3. The minimum absolute atomic E-state index is 0.0585. The molecular formula is C52H103NO3. The second-order valence-corrected chi connectivity index (χ2v) is 18.0. The monoisotopic (exact) mass is 790 g/mol. The summed E-state index contributed by atoms with van der Waals surface area (Å²) in [6.45, 7) is 4.34. The summed E-state index contributed by atoms with van der Waals surface area (Å²) in [5.74, 6) is -0.0585. The normalized spacial score (nSPS) is 12.9. The summed E-state index contributed by atoms with van der Waals surface area (Å²) in [5, 5.41) is 23.1. The van der Waals surface area contributed by atoms with Crippen LogP contribution in [0.4, 0.5) is 0 Å². The van der Waals surface area contributed by atoms with Crippen LogP contribution in [0.1, 0.15) is 296 Å². The first kappa shape index (κ1) is 55.1. The molecule has 0 aliphatic carbocycles. The fourth-order valence-electron chi connectivity index (χ4n) is 8.30. The maximum Gasteiger partial charge on any atom is 0.220 e. The molecule has 56 heavy (non-hydrogen) atoms. The molecule has 4 nitrogen and oxygen atoms in total. The molecular weight excluding hydrogens is 687 g/mol. The summed E-state index contributed by atoms with van der Waals surface area (Å²) >= 11 is 0. The number of carbonyl (C=O) groups excluding carboxylic acids is 1. The number of hydrogen-bond donors (Lipinski definition) is 3. The lowest BCUT2D eigenvalue weighted by molar-refractivity contribution is -0.123. The number of unbranched alkanes of at least 4 members (excludes halogenated alkanes) is 41. The van der Waals surface area contributed by atoms with Crippen molar-refractivity contribution in [2.24, 2.45) is 0 Å². The summed E-state index contributed by atoms with van der Waals surface area (Å²) in [7, 11) is 0. The number of carbonyl (C=O) groups is 1. The van der Waals surface area contributed by atoms with Crippen molar-refractivity contribution in [1.82, 2.24) is 5.32 Å². The van der Waals surface area contributed by atoms with E-state index >= 15 is 0 Å². The summed E-state index contributed by atoms with van der Waals surface area (Å²) in [4.78, 5) is 12.4. The molecule has 0 saturated carbocycles. The van der Waals surface area contributed by atoms with Crippen molar-refractivity contribution in [3.63, 3.8) is 0 Å². The van der Waals surface area contributed by atoms with E-state index in [1.807, 2.05) is 6.08 Å². The zero-order valence-corrected chi connectivity index (χ0v) is 38.4. The number of aliphatic hydroxyl groups is 2. The van der Waals surface area contributed by atoms with Gasteiger partial charge in [-0.05, 0) is 19.3 Å². The third kappa shape index (κ3) is 44.2. The van der Waals surface area contributed by atoms with Crippen LogP contribution >= 0.6 is 0 Å². The first-order valence-electron chi connectivity index (χ1n) is 25.9. The molecule has 3 N–H and O–H groups in total. The van der Waals surface area contributed by atoms with Crippen LogP contribution in [-0.2, 0) is 4.79 Å². The third-order valence-corrected chi connectivity index (χ3v) is 12.3. The van der Waals surface area contributed by atoms with E-state index in [1.54, 1.807) is 6.08 Å². The Morgan fingerprint density at radius 3 is 0.929 bits per heavy atom. The van der Waals surface area contributed by atoms with E-state index in [0.717, 1.165) is 25.7 Å². The summed E-state index contributed by atoms with van der Waals surface area (Å²) in [5.41, 5.74) is 0. The van der Waals surface area contributed by atoms with Gasteiger partial charge in [-0.1, -0.05) is 283 Å². The minimum atomic E-state index is -0.834. The van der Waals surface area contributed by atoms with Crippen LogP contribution in [0.5, 0.6) is 0 Å². The van der Waals surface area contributed by atoms with Gasteiger partial charge in [0.1, 0.15) is 0 Å². The Labute approximate surface area is 352 Å². The van der Waals surface area contributed by atoms with Gasteiger partial charge in [0.2, 0.25) is 5.91 Å². The van der Waals surface area contributed by atoms with Crippen LogP contribution in [0.25, 0.3) is 0 Å². The Bertz CT molecular complexity index is 769. The van der Waals surface area contributed by atoms with Crippen molar-refractivity contribution in [2.45, 2.75) is 309 Å². The average molecular weight is 790 g/mol. The number of allylic oxidation sites excluding steroid dienone is 1. The molecule has 2 atom stereocenters. The summed E-state index contributed by atoms with van der Waals surface area (Å²) in [6.07, 6.45) is 62.2. The zero-order valence-electron chi connectivity index (χ0n) is 38.4. The van der Waals surface area contributed by atoms with Gasteiger partial charge >= 0.3 is 0 Å². The summed E-state index contributed by atoms with van der Waals surface area (Å²) < 4.78 is 0. The quantitative estimate of drug-likeness (QED) is 0.0425. The van der Waals surface area contributed by atoms with Crippen molar-refractivity contribution in [1.29, 1.82) is 0 Å². The molecule has 4 heteroatoms.